The van der Waals surface area contributed by atoms with Gasteiger partial charge in [-0.25, -0.2) is 4.39 Å². The number of hydrogen-bond donors (Lipinski definition) is 2. The molecular formula is C14H17ClFN5. The fourth-order valence-corrected chi connectivity index (χ4v) is 1.92. The van der Waals surface area contributed by atoms with Crippen LogP contribution in [0.5, 0.6) is 0 Å². The van der Waals surface area contributed by atoms with Crippen molar-refractivity contribution in [3.05, 3.63) is 35.2 Å². The molecule has 0 atom stereocenters. The van der Waals surface area contributed by atoms with Gasteiger partial charge in [0.1, 0.15) is 5.82 Å². The van der Waals surface area contributed by atoms with Crippen molar-refractivity contribution in [2.75, 3.05) is 17.2 Å². The predicted molar refractivity (Wildman–Crippen MR) is 82.5 cm³/mol. The lowest BCUT2D eigenvalue weighted by Crippen LogP contribution is -2.07. The molecule has 21 heavy (non-hydrogen) atoms. The lowest BCUT2D eigenvalue weighted by molar-refractivity contribution is 0.628. The van der Waals surface area contributed by atoms with Gasteiger partial charge in [0.2, 0.25) is 5.95 Å². The Morgan fingerprint density at radius 3 is 2.90 bits per heavy atom. The maximum atomic E-state index is 13.1. The van der Waals surface area contributed by atoms with Crippen molar-refractivity contribution < 1.29 is 4.39 Å². The van der Waals surface area contributed by atoms with Crippen LogP contribution in [-0.2, 0) is 0 Å². The van der Waals surface area contributed by atoms with Gasteiger partial charge in [-0.15, -0.1) is 5.10 Å². The molecule has 1 aromatic carbocycles. The van der Waals surface area contributed by atoms with Crippen molar-refractivity contribution in [2.24, 2.45) is 0 Å². The Balaban J connectivity index is 1.98. The topological polar surface area (TPSA) is 62.7 Å². The Kier molecular flexibility index (Phi) is 5.68. The van der Waals surface area contributed by atoms with Crippen LogP contribution in [-0.4, -0.2) is 21.7 Å². The molecule has 5 nitrogen and oxygen atoms in total. The van der Waals surface area contributed by atoms with Crippen molar-refractivity contribution in [1.82, 2.24) is 15.2 Å². The molecule has 0 fully saturated rings. The summed E-state index contributed by atoms with van der Waals surface area (Å²) in [6.45, 7) is 2.96. The van der Waals surface area contributed by atoms with Gasteiger partial charge in [-0.3, -0.25) is 0 Å². The van der Waals surface area contributed by atoms with Crippen LogP contribution in [0.4, 0.5) is 21.8 Å². The smallest absolute Gasteiger partial charge is 0.244 e. The molecule has 0 spiro atoms. The van der Waals surface area contributed by atoms with E-state index < -0.39 is 5.82 Å². The summed E-state index contributed by atoms with van der Waals surface area (Å²) in [4.78, 5) is 4.29. The summed E-state index contributed by atoms with van der Waals surface area (Å²) in [6.07, 6.45) is 4.87. The van der Waals surface area contributed by atoms with Gasteiger partial charge >= 0.3 is 0 Å². The third kappa shape index (κ3) is 4.82. The summed E-state index contributed by atoms with van der Waals surface area (Å²) < 4.78 is 13.1. The fraction of sp³-hybridized carbons (Fsp3) is 0.357. The summed E-state index contributed by atoms with van der Waals surface area (Å²) >= 11 is 5.73. The zero-order chi connectivity index (χ0) is 15.1. The van der Waals surface area contributed by atoms with E-state index in [1.807, 2.05) is 0 Å². The Labute approximate surface area is 128 Å². The Morgan fingerprint density at radius 2 is 2.14 bits per heavy atom. The summed E-state index contributed by atoms with van der Waals surface area (Å²) in [5.41, 5.74) is 0.638. The molecule has 1 heterocycles. The largest absolute Gasteiger partial charge is 0.353 e. The standard InChI is InChI=1S/C14H17ClFN5/c1-2-3-4-7-17-14-20-13(9-18-21-14)19-10-5-6-12(16)11(15)8-10/h5-6,8-9H,2-4,7H2,1H3,(H2,17,19,20,21). The number of anilines is 3. The number of rotatable bonds is 7. The van der Waals surface area contributed by atoms with Crippen LogP contribution in [0.2, 0.25) is 5.02 Å². The van der Waals surface area contributed by atoms with Crippen LogP contribution >= 0.6 is 11.6 Å². The highest BCUT2D eigenvalue weighted by Crippen LogP contribution is 2.21. The van der Waals surface area contributed by atoms with Crippen LogP contribution in [0.1, 0.15) is 26.2 Å². The minimum atomic E-state index is -0.457. The van der Waals surface area contributed by atoms with E-state index in [4.69, 9.17) is 11.6 Å². The number of hydrogen-bond acceptors (Lipinski definition) is 5. The van der Waals surface area contributed by atoms with E-state index in [1.54, 1.807) is 6.07 Å². The Bertz CT molecular complexity index is 593. The third-order valence-corrected chi connectivity index (χ3v) is 3.10. The molecule has 0 saturated heterocycles. The first-order chi connectivity index (χ1) is 10.2. The third-order valence-electron chi connectivity index (χ3n) is 2.81. The van der Waals surface area contributed by atoms with Gasteiger partial charge in [0.15, 0.2) is 5.82 Å². The molecule has 0 radical (unpaired) electrons. The summed E-state index contributed by atoms with van der Waals surface area (Å²) in [5, 5.41) is 14.0. The van der Waals surface area contributed by atoms with Crippen LogP contribution in [0.25, 0.3) is 0 Å². The van der Waals surface area contributed by atoms with E-state index in [9.17, 15) is 4.39 Å². The quantitative estimate of drug-likeness (QED) is 0.757. The molecule has 0 aliphatic heterocycles. The van der Waals surface area contributed by atoms with E-state index in [1.165, 1.54) is 18.3 Å². The van der Waals surface area contributed by atoms with E-state index in [2.05, 4.69) is 32.7 Å². The van der Waals surface area contributed by atoms with E-state index >= 15 is 0 Å². The van der Waals surface area contributed by atoms with Gasteiger partial charge in [-0.05, 0) is 24.6 Å². The van der Waals surface area contributed by atoms with Gasteiger partial charge in [-0.1, -0.05) is 31.4 Å². The first-order valence-electron chi connectivity index (χ1n) is 6.84. The second-order valence-electron chi connectivity index (χ2n) is 4.55. The monoisotopic (exact) mass is 309 g/mol. The van der Waals surface area contributed by atoms with E-state index in [-0.39, 0.29) is 5.02 Å². The summed E-state index contributed by atoms with van der Waals surface area (Å²) in [7, 11) is 0. The highest BCUT2D eigenvalue weighted by molar-refractivity contribution is 6.31. The van der Waals surface area contributed by atoms with Gasteiger partial charge in [0.05, 0.1) is 11.2 Å². The minimum absolute atomic E-state index is 0.0555. The van der Waals surface area contributed by atoms with E-state index in [0.717, 1.165) is 25.8 Å². The van der Waals surface area contributed by atoms with Gasteiger partial charge in [0.25, 0.3) is 0 Å². The first-order valence-corrected chi connectivity index (χ1v) is 7.22. The van der Waals surface area contributed by atoms with E-state index in [0.29, 0.717) is 17.5 Å². The van der Waals surface area contributed by atoms with Crippen molar-refractivity contribution in [2.45, 2.75) is 26.2 Å². The van der Waals surface area contributed by atoms with Crippen molar-refractivity contribution in [3.63, 3.8) is 0 Å². The number of halogens is 2. The van der Waals surface area contributed by atoms with Gasteiger partial charge < -0.3 is 10.6 Å². The molecule has 2 rings (SSSR count). The average Bonchev–Trinajstić information content (AvgIpc) is 2.48. The predicted octanol–water partition coefficient (Wildman–Crippen LogP) is 4.01. The molecule has 0 amide bonds. The molecule has 0 bridgehead atoms. The molecular weight excluding hydrogens is 293 g/mol. The van der Waals surface area contributed by atoms with Crippen LogP contribution < -0.4 is 10.6 Å². The summed E-state index contributed by atoms with van der Waals surface area (Å²) in [5.74, 6) is 0.524. The first kappa shape index (κ1) is 15.4. The second kappa shape index (κ2) is 7.73. The number of nitrogens with one attached hydrogen (secondary N) is 2. The van der Waals surface area contributed by atoms with Crippen molar-refractivity contribution in [1.29, 1.82) is 0 Å². The zero-order valence-electron chi connectivity index (χ0n) is 11.7. The fourth-order valence-electron chi connectivity index (χ4n) is 1.74. The molecule has 0 unspecified atom stereocenters. The lowest BCUT2D eigenvalue weighted by atomic mass is 10.2. The SMILES string of the molecule is CCCCCNc1nncc(Nc2ccc(F)c(Cl)c2)n1. The second-order valence-corrected chi connectivity index (χ2v) is 4.96. The maximum absolute atomic E-state index is 13.1. The minimum Gasteiger partial charge on any atom is -0.353 e. The van der Waals surface area contributed by atoms with Crippen LogP contribution in [0.15, 0.2) is 24.4 Å². The Hall–Kier alpha value is -1.95. The molecule has 7 heteroatoms. The highest BCUT2D eigenvalue weighted by atomic mass is 35.5. The van der Waals surface area contributed by atoms with Crippen molar-refractivity contribution in [3.8, 4) is 0 Å². The van der Waals surface area contributed by atoms with Crippen molar-refractivity contribution >= 4 is 29.1 Å². The van der Waals surface area contributed by atoms with Gasteiger partial charge in [0, 0.05) is 12.2 Å². The average molecular weight is 310 g/mol. The number of unbranched alkanes of at least 4 members (excludes halogenated alkanes) is 2. The Morgan fingerprint density at radius 1 is 1.29 bits per heavy atom. The molecule has 0 saturated carbocycles. The molecule has 0 aliphatic carbocycles. The number of aromatic nitrogens is 3. The molecule has 112 valence electrons. The van der Waals surface area contributed by atoms with Gasteiger partial charge in [-0.2, -0.15) is 10.1 Å². The molecule has 2 N–H and O–H groups in total. The zero-order valence-corrected chi connectivity index (χ0v) is 12.5. The molecule has 2 aromatic rings. The number of nitrogens with zero attached hydrogens (tertiary/aromatic N) is 3. The normalized spacial score (nSPS) is 10.4. The van der Waals surface area contributed by atoms with Crippen LogP contribution in [0.3, 0.4) is 0 Å². The van der Waals surface area contributed by atoms with Crippen LogP contribution in [0, 0.1) is 5.82 Å². The maximum Gasteiger partial charge on any atom is 0.244 e. The summed E-state index contributed by atoms with van der Waals surface area (Å²) in [6, 6.07) is 4.37. The lowest BCUT2D eigenvalue weighted by Gasteiger charge is -2.08. The number of benzene rings is 1. The highest BCUT2D eigenvalue weighted by Gasteiger charge is 2.04. The molecule has 0 aliphatic rings. The molecule has 1 aromatic heterocycles.